The molecular formula is C14H26O. The Balaban J connectivity index is 2.06. The van der Waals surface area contributed by atoms with Crippen LogP contribution in [0.3, 0.4) is 0 Å². The van der Waals surface area contributed by atoms with E-state index in [1.165, 1.54) is 25.7 Å². The number of aliphatic hydroxyl groups is 1. The molecular weight excluding hydrogens is 184 g/mol. The first kappa shape index (κ1) is 11.4. The van der Waals surface area contributed by atoms with Gasteiger partial charge in [-0.1, -0.05) is 34.1 Å². The van der Waals surface area contributed by atoms with Crippen LogP contribution in [-0.4, -0.2) is 11.7 Å². The van der Waals surface area contributed by atoms with Crippen LogP contribution in [0.25, 0.3) is 0 Å². The molecule has 1 N–H and O–H groups in total. The van der Waals surface area contributed by atoms with Crippen LogP contribution < -0.4 is 0 Å². The normalized spacial score (nSPS) is 45.4. The highest BCUT2D eigenvalue weighted by atomic mass is 16.3. The van der Waals surface area contributed by atoms with E-state index in [1.807, 2.05) is 0 Å². The molecule has 1 heteroatoms. The van der Waals surface area contributed by atoms with Gasteiger partial charge in [0, 0.05) is 6.61 Å². The van der Waals surface area contributed by atoms with Gasteiger partial charge in [-0.25, -0.2) is 0 Å². The molecule has 2 saturated carbocycles. The second-order valence-electron chi connectivity index (χ2n) is 6.82. The Morgan fingerprint density at radius 1 is 1.27 bits per heavy atom. The fourth-order valence-corrected chi connectivity index (χ4v) is 3.92. The minimum Gasteiger partial charge on any atom is -0.396 e. The standard InChI is InChI=1S/C14H26O/c1-10(9-15)11-8-12(11)14(4)7-5-6-13(14,2)3/h10-12,15H,5-9H2,1-4H3. The molecule has 2 aliphatic carbocycles. The summed E-state index contributed by atoms with van der Waals surface area (Å²) < 4.78 is 0. The molecule has 4 atom stereocenters. The summed E-state index contributed by atoms with van der Waals surface area (Å²) in [7, 11) is 0. The van der Waals surface area contributed by atoms with Crippen LogP contribution in [0.2, 0.25) is 0 Å². The van der Waals surface area contributed by atoms with Gasteiger partial charge in [-0.15, -0.1) is 0 Å². The molecule has 0 aliphatic heterocycles. The predicted octanol–water partition coefficient (Wildman–Crippen LogP) is 3.47. The molecule has 0 aromatic carbocycles. The van der Waals surface area contributed by atoms with Crippen LogP contribution in [0.1, 0.15) is 53.4 Å². The maximum atomic E-state index is 9.22. The summed E-state index contributed by atoms with van der Waals surface area (Å²) in [6, 6.07) is 0. The Morgan fingerprint density at radius 2 is 1.93 bits per heavy atom. The maximum Gasteiger partial charge on any atom is 0.0459 e. The van der Waals surface area contributed by atoms with Crippen molar-refractivity contribution in [2.75, 3.05) is 6.61 Å². The Morgan fingerprint density at radius 3 is 2.40 bits per heavy atom. The summed E-state index contributed by atoms with van der Waals surface area (Å²) in [6.45, 7) is 9.96. The summed E-state index contributed by atoms with van der Waals surface area (Å²) in [5.74, 6) is 2.21. The quantitative estimate of drug-likeness (QED) is 0.756. The lowest BCUT2D eigenvalue weighted by atomic mass is 9.65. The van der Waals surface area contributed by atoms with Gasteiger partial charge >= 0.3 is 0 Å². The van der Waals surface area contributed by atoms with Crippen molar-refractivity contribution in [2.24, 2.45) is 28.6 Å². The van der Waals surface area contributed by atoms with Gasteiger partial charge < -0.3 is 5.11 Å². The fourth-order valence-electron chi connectivity index (χ4n) is 3.92. The molecule has 4 unspecified atom stereocenters. The SMILES string of the molecule is CC(CO)C1CC1C1(C)CCCC1(C)C. The zero-order valence-corrected chi connectivity index (χ0v) is 10.7. The minimum atomic E-state index is 0.373. The summed E-state index contributed by atoms with van der Waals surface area (Å²) in [5.41, 5.74) is 1.06. The number of rotatable bonds is 3. The van der Waals surface area contributed by atoms with E-state index in [1.54, 1.807) is 0 Å². The van der Waals surface area contributed by atoms with Gasteiger partial charge in [-0.2, -0.15) is 0 Å². The molecule has 2 fully saturated rings. The monoisotopic (exact) mass is 210 g/mol. The molecule has 0 heterocycles. The van der Waals surface area contributed by atoms with E-state index in [0.29, 0.717) is 23.4 Å². The van der Waals surface area contributed by atoms with Gasteiger partial charge in [0.1, 0.15) is 0 Å². The van der Waals surface area contributed by atoms with Crippen LogP contribution in [0, 0.1) is 28.6 Å². The van der Waals surface area contributed by atoms with Crippen molar-refractivity contribution in [3.8, 4) is 0 Å². The third kappa shape index (κ3) is 1.63. The first-order valence-corrected chi connectivity index (χ1v) is 6.53. The van der Waals surface area contributed by atoms with Gasteiger partial charge in [-0.3, -0.25) is 0 Å². The van der Waals surface area contributed by atoms with Crippen molar-refractivity contribution in [1.82, 2.24) is 0 Å². The average molecular weight is 210 g/mol. The lowest BCUT2D eigenvalue weighted by Crippen LogP contribution is -2.33. The molecule has 0 amide bonds. The molecule has 0 saturated heterocycles. The molecule has 15 heavy (non-hydrogen) atoms. The largest absolute Gasteiger partial charge is 0.396 e. The van der Waals surface area contributed by atoms with E-state index < -0.39 is 0 Å². The summed E-state index contributed by atoms with van der Waals surface area (Å²) >= 11 is 0. The molecule has 0 aromatic rings. The smallest absolute Gasteiger partial charge is 0.0459 e. The summed E-state index contributed by atoms with van der Waals surface area (Å²) in [6.07, 6.45) is 5.56. The number of hydrogen-bond donors (Lipinski definition) is 1. The Labute approximate surface area is 94.3 Å². The van der Waals surface area contributed by atoms with Crippen LogP contribution in [0.15, 0.2) is 0 Å². The molecule has 88 valence electrons. The second-order valence-corrected chi connectivity index (χ2v) is 6.82. The zero-order valence-electron chi connectivity index (χ0n) is 10.7. The van der Waals surface area contributed by atoms with Crippen molar-refractivity contribution in [3.05, 3.63) is 0 Å². The Kier molecular flexibility index (Phi) is 2.65. The number of aliphatic hydroxyl groups excluding tert-OH is 1. The van der Waals surface area contributed by atoms with Gasteiger partial charge in [0.2, 0.25) is 0 Å². The lowest BCUT2D eigenvalue weighted by Gasteiger charge is -2.40. The van der Waals surface area contributed by atoms with E-state index in [0.717, 1.165) is 11.8 Å². The van der Waals surface area contributed by atoms with Gasteiger partial charge in [0.15, 0.2) is 0 Å². The van der Waals surface area contributed by atoms with Crippen LogP contribution in [0.5, 0.6) is 0 Å². The Hall–Kier alpha value is -0.0400. The van der Waals surface area contributed by atoms with Crippen molar-refractivity contribution < 1.29 is 5.11 Å². The van der Waals surface area contributed by atoms with Crippen molar-refractivity contribution in [3.63, 3.8) is 0 Å². The van der Waals surface area contributed by atoms with Crippen LogP contribution in [-0.2, 0) is 0 Å². The average Bonchev–Trinajstić information content (AvgIpc) is 2.91. The Bertz CT molecular complexity index is 246. The first-order valence-electron chi connectivity index (χ1n) is 6.53. The molecule has 0 bridgehead atoms. The lowest BCUT2D eigenvalue weighted by molar-refractivity contribution is 0.0858. The first-order chi connectivity index (χ1) is 6.92. The topological polar surface area (TPSA) is 20.2 Å². The highest BCUT2D eigenvalue weighted by molar-refractivity contribution is 5.08. The third-order valence-electron chi connectivity index (χ3n) is 5.72. The molecule has 0 radical (unpaired) electrons. The van der Waals surface area contributed by atoms with Crippen molar-refractivity contribution >= 4 is 0 Å². The van der Waals surface area contributed by atoms with E-state index in [9.17, 15) is 5.11 Å². The second kappa shape index (κ2) is 3.48. The van der Waals surface area contributed by atoms with E-state index in [2.05, 4.69) is 27.7 Å². The predicted molar refractivity (Wildman–Crippen MR) is 63.6 cm³/mol. The zero-order chi connectivity index (χ0) is 11.3. The van der Waals surface area contributed by atoms with Crippen molar-refractivity contribution in [2.45, 2.75) is 53.4 Å². The van der Waals surface area contributed by atoms with Crippen LogP contribution in [0.4, 0.5) is 0 Å². The summed E-state index contributed by atoms with van der Waals surface area (Å²) in [5, 5.41) is 9.22. The molecule has 0 aromatic heterocycles. The maximum absolute atomic E-state index is 9.22. The molecule has 2 rings (SSSR count). The number of hydrogen-bond acceptors (Lipinski definition) is 1. The molecule has 1 nitrogen and oxygen atoms in total. The third-order valence-corrected chi connectivity index (χ3v) is 5.72. The van der Waals surface area contributed by atoms with E-state index in [-0.39, 0.29) is 0 Å². The van der Waals surface area contributed by atoms with Crippen LogP contribution >= 0.6 is 0 Å². The molecule has 0 spiro atoms. The van der Waals surface area contributed by atoms with Crippen molar-refractivity contribution in [1.29, 1.82) is 0 Å². The summed E-state index contributed by atoms with van der Waals surface area (Å²) in [4.78, 5) is 0. The minimum absolute atomic E-state index is 0.373. The van der Waals surface area contributed by atoms with Gasteiger partial charge in [0.05, 0.1) is 0 Å². The fraction of sp³-hybridized carbons (Fsp3) is 1.00. The highest BCUT2D eigenvalue weighted by Crippen LogP contribution is 2.66. The van der Waals surface area contributed by atoms with Gasteiger partial charge in [0.25, 0.3) is 0 Å². The van der Waals surface area contributed by atoms with E-state index in [4.69, 9.17) is 0 Å². The molecule has 2 aliphatic rings. The van der Waals surface area contributed by atoms with Gasteiger partial charge in [-0.05, 0) is 47.8 Å². The van der Waals surface area contributed by atoms with E-state index >= 15 is 0 Å². The highest BCUT2D eigenvalue weighted by Gasteiger charge is 2.58.